The van der Waals surface area contributed by atoms with Crippen molar-refractivity contribution in [3.8, 4) is 44.5 Å². The number of hydrogen-bond acceptors (Lipinski definition) is 0. The zero-order valence-corrected chi connectivity index (χ0v) is 27.5. The van der Waals surface area contributed by atoms with Crippen LogP contribution in [0, 0.1) is 0 Å². The van der Waals surface area contributed by atoms with Gasteiger partial charge in [0.05, 0.1) is 0 Å². The number of hydrogen-bond donors (Lipinski definition) is 0. The van der Waals surface area contributed by atoms with E-state index in [-0.39, 0.29) is 0 Å². The summed E-state index contributed by atoms with van der Waals surface area (Å²) in [6.07, 6.45) is 0. The highest BCUT2D eigenvalue weighted by molar-refractivity contribution is 6.23. The summed E-state index contributed by atoms with van der Waals surface area (Å²) in [4.78, 5) is 0. The van der Waals surface area contributed by atoms with E-state index in [0.29, 0.717) is 0 Å². The van der Waals surface area contributed by atoms with Gasteiger partial charge in [0, 0.05) is 0 Å². The summed E-state index contributed by atoms with van der Waals surface area (Å²) in [6, 6.07) is 71.3. The number of rotatable bonds is 4. The minimum absolute atomic E-state index is 1.22. The van der Waals surface area contributed by atoms with Gasteiger partial charge < -0.3 is 0 Å². The van der Waals surface area contributed by atoms with Gasteiger partial charge in [0.2, 0.25) is 0 Å². The third kappa shape index (κ3) is 4.54. The van der Waals surface area contributed by atoms with E-state index in [0.717, 1.165) is 0 Å². The first-order chi connectivity index (χ1) is 24.8. The maximum Gasteiger partial charge on any atom is -0.00262 e. The van der Waals surface area contributed by atoms with Gasteiger partial charge in [-0.2, -0.15) is 0 Å². The van der Waals surface area contributed by atoms with Crippen molar-refractivity contribution in [1.82, 2.24) is 0 Å². The smallest absolute Gasteiger partial charge is 0.00262 e. The molecule has 0 nitrogen and oxygen atoms in total. The largest absolute Gasteiger partial charge is 0.0622 e. The highest BCUT2D eigenvalue weighted by Gasteiger charge is 2.18. The second-order valence-electron chi connectivity index (χ2n) is 13.2. The second-order valence-corrected chi connectivity index (χ2v) is 13.2. The normalized spacial score (nSPS) is 11.6. The van der Waals surface area contributed by atoms with Crippen LogP contribution >= 0.6 is 0 Å². The summed E-state index contributed by atoms with van der Waals surface area (Å²) < 4.78 is 0. The van der Waals surface area contributed by atoms with Crippen LogP contribution in [0.5, 0.6) is 0 Å². The lowest BCUT2D eigenvalue weighted by atomic mass is 9.84. The van der Waals surface area contributed by atoms with Gasteiger partial charge in [-0.3, -0.25) is 0 Å². The van der Waals surface area contributed by atoms with Crippen LogP contribution in [-0.4, -0.2) is 0 Å². The third-order valence-corrected chi connectivity index (χ3v) is 10.4. The molecule has 0 atom stereocenters. The van der Waals surface area contributed by atoms with Crippen LogP contribution in [0.25, 0.3) is 98.4 Å². The SMILES string of the molecule is c1ccc(-c2ccc3c(-c4ccc(-c5cc6c7ccccc7ccc6c6ccccc56)cc4)c4ccccc4c(-c4ccccc4)c3c2)cc1. The Balaban J connectivity index is 1.21. The van der Waals surface area contributed by atoms with E-state index in [1.54, 1.807) is 0 Å². The topological polar surface area (TPSA) is 0 Å². The van der Waals surface area contributed by atoms with Gasteiger partial charge in [-0.05, 0) is 111 Å². The van der Waals surface area contributed by atoms with E-state index in [2.05, 4.69) is 194 Å². The van der Waals surface area contributed by atoms with E-state index < -0.39 is 0 Å². The summed E-state index contributed by atoms with van der Waals surface area (Å²) in [6.45, 7) is 0. The van der Waals surface area contributed by atoms with Crippen molar-refractivity contribution in [2.45, 2.75) is 0 Å². The number of benzene rings is 10. The molecule has 0 unspecified atom stereocenters. The van der Waals surface area contributed by atoms with Crippen LogP contribution in [0.4, 0.5) is 0 Å². The second kappa shape index (κ2) is 11.6. The van der Waals surface area contributed by atoms with Crippen molar-refractivity contribution in [2.75, 3.05) is 0 Å². The van der Waals surface area contributed by atoms with Crippen molar-refractivity contribution in [3.05, 3.63) is 194 Å². The van der Waals surface area contributed by atoms with E-state index in [4.69, 9.17) is 0 Å². The summed E-state index contributed by atoms with van der Waals surface area (Å²) in [5.41, 5.74) is 9.94. The highest BCUT2D eigenvalue weighted by Crippen LogP contribution is 2.45. The van der Waals surface area contributed by atoms with Gasteiger partial charge in [-0.15, -0.1) is 0 Å². The molecule has 0 saturated heterocycles. The Hall–Kier alpha value is -6.50. The average molecular weight is 633 g/mol. The Morgan fingerprint density at radius 3 is 1.38 bits per heavy atom. The van der Waals surface area contributed by atoms with Crippen molar-refractivity contribution in [3.63, 3.8) is 0 Å². The Bertz CT molecular complexity index is 2880. The van der Waals surface area contributed by atoms with Crippen LogP contribution in [0.1, 0.15) is 0 Å². The molecule has 0 spiro atoms. The first-order valence-corrected chi connectivity index (χ1v) is 17.4. The summed E-state index contributed by atoms with van der Waals surface area (Å²) >= 11 is 0. The Kier molecular flexibility index (Phi) is 6.60. The maximum absolute atomic E-state index is 2.40. The van der Waals surface area contributed by atoms with Crippen molar-refractivity contribution in [1.29, 1.82) is 0 Å². The van der Waals surface area contributed by atoms with E-state index in [1.807, 2.05) is 0 Å². The lowest BCUT2D eigenvalue weighted by molar-refractivity contribution is 1.62. The van der Waals surface area contributed by atoms with Gasteiger partial charge >= 0.3 is 0 Å². The van der Waals surface area contributed by atoms with Crippen LogP contribution in [0.2, 0.25) is 0 Å². The molecule has 232 valence electrons. The first kappa shape index (κ1) is 28.5. The predicted molar refractivity (Wildman–Crippen MR) is 216 cm³/mol. The molecule has 0 fully saturated rings. The molecule has 0 N–H and O–H groups in total. The zero-order chi connectivity index (χ0) is 33.0. The molecule has 0 heteroatoms. The van der Waals surface area contributed by atoms with Crippen molar-refractivity contribution >= 4 is 53.9 Å². The van der Waals surface area contributed by atoms with Crippen molar-refractivity contribution in [2.24, 2.45) is 0 Å². The molecule has 10 aromatic carbocycles. The Morgan fingerprint density at radius 2 is 0.660 bits per heavy atom. The quantitative estimate of drug-likeness (QED) is 0.134. The summed E-state index contributed by atoms with van der Waals surface area (Å²) in [7, 11) is 0. The molecular weight excluding hydrogens is 601 g/mol. The third-order valence-electron chi connectivity index (χ3n) is 10.4. The minimum Gasteiger partial charge on any atom is -0.0622 e. The highest BCUT2D eigenvalue weighted by atomic mass is 14.2. The van der Waals surface area contributed by atoms with Crippen LogP contribution < -0.4 is 0 Å². The van der Waals surface area contributed by atoms with Gasteiger partial charge in [-0.1, -0.05) is 182 Å². The average Bonchev–Trinajstić information content (AvgIpc) is 3.20. The Morgan fingerprint density at radius 1 is 0.200 bits per heavy atom. The monoisotopic (exact) mass is 632 g/mol. The lowest BCUT2D eigenvalue weighted by Crippen LogP contribution is -1.92. The standard InChI is InChI=1S/C50H32/c1-3-13-33(14-4-1)38-28-30-45-48(31-38)50(36-16-5-2-6-17-36)44-22-12-11-21-43(44)49(45)37-25-23-35(24-26-37)46-32-47-39-18-8-7-15-34(39)27-29-42(47)40-19-9-10-20-41(40)46/h1-32H. The van der Waals surface area contributed by atoms with Crippen LogP contribution in [0.15, 0.2) is 194 Å². The molecule has 0 heterocycles. The van der Waals surface area contributed by atoms with Crippen LogP contribution in [0.3, 0.4) is 0 Å². The summed E-state index contributed by atoms with van der Waals surface area (Å²) in [5.74, 6) is 0. The van der Waals surface area contributed by atoms with E-state index in [9.17, 15) is 0 Å². The van der Waals surface area contributed by atoms with E-state index in [1.165, 1.54) is 98.4 Å². The molecule has 0 aromatic heterocycles. The fourth-order valence-electron chi connectivity index (χ4n) is 8.13. The molecule has 0 aliphatic carbocycles. The molecule has 10 rings (SSSR count). The van der Waals surface area contributed by atoms with Gasteiger partial charge in [0.15, 0.2) is 0 Å². The molecule has 10 aromatic rings. The minimum atomic E-state index is 1.22. The molecule has 0 bridgehead atoms. The molecule has 0 amide bonds. The fraction of sp³-hybridized carbons (Fsp3) is 0. The first-order valence-electron chi connectivity index (χ1n) is 17.4. The molecule has 0 saturated carbocycles. The molecule has 0 aliphatic rings. The Labute approximate surface area is 291 Å². The van der Waals surface area contributed by atoms with Gasteiger partial charge in [0.25, 0.3) is 0 Å². The zero-order valence-electron chi connectivity index (χ0n) is 27.5. The fourth-order valence-corrected chi connectivity index (χ4v) is 8.13. The molecular formula is C50H32. The molecule has 0 aliphatic heterocycles. The maximum atomic E-state index is 2.40. The summed E-state index contributed by atoms with van der Waals surface area (Å²) in [5, 5.41) is 12.8. The molecule has 0 radical (unpaired) electrons. The van der Waals surface area contributed by atoms with Gasteiger partial charge in [-0.25, -0.2) is 0 Å². The van der Waals surface area contributed by atoms with Crippen LogP contribution in [-0.2, 0) is 0 Å². The predicted octanol–water partition coefficient (Wildman–Crippen LogP) is 14.1. The number of fused-ring (bicyclic) bond motifs is 7. The molecule has 50 heavy (non-hydrogen) atoms. The van der Waals surface area contributed by atoms with E-state index >= 15 is 0 Å². The van der Waals surface area contributed by atoms with Crippen molar-refractivity contribution < 1.29 is 0 Å². The van der Waals surface area contributed by atoms with Gasteiger partial charge in [0.1, 0.15) is 0 Å². The lowest BCUT2D eigenvalue weighted by Gasteiger charge is -2.19.